The largest absolute Gasteiger partial charge is 0.391 e. The van der Waals surface area contributed by atoms with Crippen molar-refractivity contribution >= 4 is 16.9 Å². The molecular weight excluding hydrogens is 236 g/mol. The molecule has 5 heteroatoms. The average Bonchev–Trinajstić information content (AvgIpc) is 2.96. The fourth-order valence-corrected chi connectivity index (χ4v) is 4.02. The monoisotopic (exact) mass is 256 g/mol. The molecule has 0 aromatic rings. The third-order valence-electron chi connectivity index (χ3n) is 3.78. The van der Waals surface area contributed by atoms with E-state index in [9.17, 15) is 5.11 Å². The first kappa shape index (κ1) is 11.8. The van der Waals surface area contributed by atoms with Gasteiger partial charge in [-0.05, 0) is 32.6 Å². The molecule has 2 saturated heterocycles. The highest BCUT2D eigenvalue weighted by atomic mass is 32.2. The smallest absolute Gasteiger partial charge is 0.162 e. The van der Waals surface area contributed by atoms with Crippen LogP contribution in [0.25, 0.3) is 0 Å². The van der Waals surface area contributed by atoms with Crippen molar-refractivity contribution in [1.29, 1.82) is 0 Å². The van der Waals surface area contributed by atoms with E-state index in [0.29, 0.717) is 6.04 Å². The summed E-state index contributed by atoms with van der Waals surface area (Å²) >= 11 is 1.76. The first-order valence-electron chi connectivity index (χ1n) is 6.57. The van der Waals surface area contributed by atoms with Crippen LogP contribution in [0.3, 0.4) is 0 Å². The van der Waals surface area contributed by atoms with Crippen LogP contribution in [0.2, 0.25) is 0 Å². The number of likely N-dealkylation sites (tertiary alicyclic amines) is 1. The Morgan fingerprint density at radius 1 is 1.41 bits per heavy atom. The number of hydrogen-bond acceptors (Lipinski definition) is 5. The molecule has 0 aromatic heterocycles. The Bertz CT molecular complexity index is 316. The molecule has 0 saturated carbocycles. The number of thioether (sulfide) groups is 1. The molecule has 1 N–H and O–H groups in total. The van der Waals surface area contributed by atoms with E-state index in [1.165, 1.54) is 18.0 Å². The second-order valence-corrected chi connectivity index (χ2v) is 6.22. The molecule has 17 heavy (non-hydrogen) atoms. The molecule has 3 rings (SSSR count). The van der Waals surface area contributed by atoms with E-state index >= 15 is 0 Å². The van der Waals surface area contributed by atoms with E-state index in [2.05, 4.69) is 4.90 Å². The van der Waals surface area contributed by atoms with Crippen LogP contribution in [-0.4, -0.2) is 51.9 Å². The van der Waals surface area contributed by atoms with Gasteiger partial charge in [-0.25, -0.2) is 0 Å². The average molecular weight is 256 g/mol. The van der Waals surface area contributed by atoms with E-state index in [1.54, 1.807) is 11.8 Å². The lowest BCUT2D eigenvalue weighted by molar-refractivity contribution is -0.0729. The van der Waals surface area contributed by atoms with Crippen LogP contribution >= 0.6 is 11.8 Å². The summed E-state index contributed by atoms with van der Waals surface area (Å²) in [4.78, 5) is 7.16. The first-order chi connectivity index (χ1) is 8.24. The van der Waals surface area contributed by atoms with Crippen LogP contribution in [0.1, 0.15) is 32.6 Å². The van der Waals surface area contributed by atoms with Gasteiger partial charge in [0.05, 0.1) is 18.2 Å². The molecule has 0 bridgehead atoms. The molecule has 0 unspecified atom stereocenters. The highest BCUT2D eigenvalue weighted by Crippen LogP contribution is 2.38. The maximum atomic E-state index is 9.59. The molecule has 0 amide bonds. The third kappa shape index (κ3) is 2.33. The van der Waals surface area contributed by atoms with Gasteiger partial charge in [-0.2, -0.15) is 0 Å². The van der Waals surface area contributed by atoms with Crippen molar-refractivity contribution in [3.05, 3.63) is 0 Å². The highest BCUT2D eigenvalue weighted by Gasteiger charge is 2.40. The Hall–Kier alpha value is -0.260. The van der Waals surface area contributed by atoms with E-state index < -0.39 is 0 Å². The fraction of sp³-hybridized carbons (Fsp3) is 0.917. The van der Waals surface area contributed by atoms with Gasteiger partial charge in [0.25, 0.3) is 0 Å². The van der Waals surface area contributed by atoms with E-state index in [1.807, 2.05) is 6.92 Å². The van der Waals surface area contributed by atoms with Crippen molar-refractivity contribution in [2.45, 2.75) is 56.3 Å². The summed E-state index contributed by atoms with van der Waals surface area (Å²) in [6.45, 7) is 4.10. The Labute approximate surface area is 106 Å². The van der Waals surface area contributed by atoms with Crippen LogP contribution in [0.5, 0.6) is 0 Å². The maximum Gasteiger partial charge on any atom is 0.162 e. The molecule has 4 atom stereocenters. The minimum atomic E-state index is -0.368. The number of rotatable bonds is 1. The number of aliphatic imine (C=N–C) groups is 1. The molecule has 96 valence electrons. The van der Waals surface area contributed by atoms with Crippen molar-refractivity contribution in [3.8, 4) is 0 Å². The van der Waals surface area contributed by atoms with E-state index in [4.69, 9.17) is 9.73 Å². The Morgan fingerprint density at radius 3 is 2.88 bits per heavy atom. The highest BCUT2D eigenvalue weighted by molar-refractivity contribution is 8.14. The van der Waals surface area contributed by atoms with Gasteiger partial charge in [-0.1, -0.05) is 11.8 Å². The lowest BCUT2D eigenvalue weighted by Gasteiger charge is -2.32. The summed E-state index contributed by atoms with van der Waals surface area (Å²) in [5.74, 6) is 0. The predicted molar refractivity (Wildman–Crippen MR) is 69.2 cm³/mol. The van der Waals surface area contributed by atoms with E-state index in [-0.39, 0.29) is 17.6 Å². The molecule has 2 fully saturated rings. The first-order valence-corrected chi connectivity index (χ1v) is 7.45. The molecule has 3 heterocycles. The van der Waals surface area contributed by atoms with Gasteiger partial charge in [0.2, 0.25) is 0 Å². The normalized spacial score (nSPS) is 39.1. The van der Waals surface area contributed by atoms with Gasteiger partial charge in [-0.15, -0.1) is 0 Å². The quantitative estimate of drug-likeness (QED) is 0.771. The summed E-state index contributed by atoms with van der Waals surface area (Å²) in [5.41, 5.74) is 0.138. The Morgan fingerprint density at radius 2 is 2.18 bits per heavy atom. The minimum absolute atomic E-state index is 0.00289. The van der Waals surface area contributed by atoms with Gasteiger partial charge in [0.1, 0.15) is 5.44 Å². The van der Waals surface area contributed by atoms with Gasteiger partial charge in [0.15, 0.2) is 5.17 Å². The number of amidine groups is 1. The second-order valence-electron chi connectivity index (χ2n) is 5.15. The number of hydrogen-bond donors (Lipinski definition) is 1. The molecule has 4 nitrogen and oxygen atoms in total. The van der Waals surface area contributed by atoms with Crippen LogP contribution in [0.4, 0.5) is 0 Å². The molecule has 0 radical (unpaired) electrons. The zero-order valence-corrected chi connectivity index (χ0v) is 11.0. The fourth-order valence-electron chi connectivity index (χ4n) is 2.73. The van der Waals surface area contributed by atoms with Crippen molar-refractivity contribution < 1.29 is 9.84 Å². The number of ether oxygens (including phenoxy) is 1. The molecule has 3 aliphatic heterocycles. The number of fused-ring (bicyclic) bond motifs is 1. The zero-order valence-electron chi connectivity index (χ0n) is 10.2. The number of aliphatic hydroxyl groups is 1. The topological polar surface area (TPSA) is 45.1 Å². The van der Waals surface area contributed by atoms with Crippen molar-refractivity contribution in [2.75, 3.05) is 13.1 Å². The molecule has 0 aromatic carbocycles. The maximum absolute atomic E-state index is 9.59. The van der Waals surface area contributed by atoms with Crippen LogP contribution < -0.4 is 0 Å². The van der Waals surface area contributed by atoms with Crippen molar-refractivity contribution in [1.82, 2.24) is 4.90 Å². The van der Waals surface area contributed by atoms with Crippen LogP contribution in [0, 0.1) is 0 Å². The van der Waals surface area contributed by atoms with Crippen molar-refractivity contribution in [3.63, 3.8) is 0 Å². The molecular formula is C12H20N2O2S. The van der Waals surface area contributed by atoms with Crippen LogP contribution in [-0.2, 0) is 4.74 Å². The van der Waals surface area contributed by atoms with Gasteiger partial charge >= 0.3 is 0 Å². The van der Waals surface area contributed by atoms with Gasteiger partial charge in [-0.3, -0.25) is 4.99 Å². The predicted octanol–water partition coefficient (Wildman–Crippen LogP) is 1.44. The Kier molecular flexibility index (Phi) is 3.32. The Balaban J connectivity index is 1.63. The number of aliphatic hydroxyl groups excluding tert-OH is 1. The summed E-state index contributed by atoms with van der Waals surface area (Å²) in [6, 6.07) is 0.311. The van der Waals surface area contributed by atoms with Gasteiger partial charge in [0, 0.05) is 13.1 Å². The standard InChI is InChI=1S/C12H20N2O2S/c1-8(15)10-5-4-9-11(16-10)17-12(13-9)14-6-2-3-7-14/h8-11,15H,2-7H2,1H3/t8-,9+,10+,11+/m0/s1. The molecule has 0 spiro atoms. The number of nitrogens with zero attached hydrogens (tertiary/aromatic N) is 2. The SMILES string of the molecule is C[C@H](O)[C@H]1CC[C@H]2N=C(N3CCCC3)S[C@H]2O1. The molecule has 3 aliphatic rings. The summed E-state index contributed by atoms with van der Waals surface area (Å²) < 4.78 is 5.93. The summed E-state index contributed by atoms with van der Waals surface area (Å²) in [7, 11) is 0. The lowest BCUT2D eigenvalue weighted by atomic mass is 10.0. The lowest BCUT2D eigenvalue weighted by Crippen LogP contribution is -2.39. The minimum Gasteiger partial charge on any atom is -0.391 e. The van der Waals surface area contributed by atoms with Gasteiger partial charge < -0.3 is 14.7 Å². The third-order valence-corrected chi connectivity index (χ3v) is 5.01. The van der Waals surface area contributed by atoms with E-state index in [0.717, 1.165) is 25.9 Å². The van der Waals surface area contributed by atoms with Crippen molar-refractivity contribution in [2.24, 2.45) is 4.99 Å². The zero-order chi connectivity index (χ0) is 11.8. The molecule has 0 aliphatic carbocycles. The summed E-state index contributed by atoms with van der Waals surface area (Å²) in [6.07, 6.45) is 4.17. The van der Waals surface area contributed by atoms with Crippen LogP contribution in [0.15, 0.2) is 4.99 Å². The summed E-state index contributed by atoms with van der Waals surface area (Å²) in [5, 5.41) is 10.8. The second kappa shape index (κ2) is 4.78.